The van der Waals surface area contributed by atoms with Gasteiger partial charge < -0.3 is 15.4 Å². The van der Waals surface area contributed by atoms with Gasteiger partial charge in [-0.15, -0.1) is 0 Å². The smallest absolute Gasteiger partial charge is 0.251 e. The third-order valence-corrected chi connectivity index (χ3v) is 3.23. The zero-order valence-corrected chi connectivity index (χ0v) is 10.9. The minimum Gasteiger partial charge on any atom is -0.382 e. The van der Waals surface area contributed by atoms with Crippen LogP contribution in [0.15, 0.2) is 24.3 Å². The topological polar surface area (TPSA) is 50.4 Å². The van der Waals surface area contributed by atoms with Crippen LogP contribution in [0.5, 0.6) is 0 Å². The molecule has 0 aliphatic carbocycles. The van der Waals surface area contributed by atoms with Gasteiger partial charge in [-0.3, -0.25) is 4.79 Å². The Bertz CT molecular complexity index is 403. The lowest BCUT2D eigenvalue weighted by molar-refractivity contribution is 0.0232. The molecular weight excluding hydrogens is 228 g/mol. The van der Waals surface area contributed by atoms with Gasteiger partial charge in [0.1, 0.15) is 0 Å². The molecule has 1 aliphatic heterocycles. The fraction of sp³-hybridized carbons (Fsp3) is 0.500. The number of nitrogens with one attached hydrogen (secondary N) is 2. The van der Waals surface area contributed by atoms with E-state index in [9.17, 15) is 4.79 Å². The van der Waals surface area contributed by atoms with E-state index in [1.54, 1.807) is 7.05 Å². The predicted octanol–water partition coefficient (Wildman–Crippen LogP) is 2.03. The summed E-state index contributed by atoms with van der Waals surface area (Å²) in [6.45, 7) is 2.91. The lowest BCUT2D eigenvalue weighted by Crippen LogP contribution is -2.32. The van der Waals surface area contributed by atoms with Gasteiger partial charge in [0.05, 0.1) is 6.10 Å². The van der Waals surface area contributed by atoms with Gasteiger partial charge in [-0.1, -0.05) is 0 Å². The molecule has 0 radical (unpaired) electrons. The standard InChI is InChI=1S/C14H20N2O2/c1-10-9-13(7-8-18-10)16-12-5-3-11(4-6-12)14(17)15-2/h3-6,10,13,16H,7-9H2,1-2H3,(H,15,17). The highest BCUT2D eigenvalue weighted by molar-refractivity contribution is 5.94. The summed E-state index contributed by atoms with van der Waals surface area (Å²) in [4.78, 5) is 11.4. The molecule has 18 heavy (non-hydrogen) atoms. The van der Waals surface area contributed by atoms with Crippen LogP contribution >= 0.6 is 0 Å². The van der Waals surface area contributed by atoms with Gasteiger partial charge in [0.25, 0.3) is 5.91 Å². The number of benzene rings is 1. The molecule has 4 nitrogen and oxygen atoms in total. The second-order valence-corrected chi connectivity index (χ2v) is 4.70. The highest BCUT2D eigenvalue weighted by Crippen LogP contribution is 2.19. The van der Waals surface area contributed by atoms with Crippen molar-refractivity contribution in [3.63, 3.8) is 0 Å². The molecule has 2 atom stereocenters. The number of amides is 1. The van der Waals surface area contributed by atoms with Gasteiger partial charge >= 0.3 is 0 Å². The summed E-state index contributed by atoms with van der Waals surface area (Å²) in [5.74, 6) is -0.0544. The molecule has 1 amide bonds. The van der Waals surface area contributed by atoms with E-state index in [2.05, 4.69) is 17.6 Å². The van der Waals surface area contributed by atoms with Crippen molar-refractivity contribution in [2.24, 2.45) is 0 Å². The summed E-state index contributed by atoms with van der Waals surface area (Å²) >= 11 is 0. The molecule has 1 aliphatic rings. The molecule has 1 heterocycles. The molecular formula is C14H20N2O2. The molecule has 2 N–H and O–H groups in total. The monoisotopic (exact) mass is 248 g/mol. The van der Waals surface area contributed by atoms with Crippen molar-refractivity contribution in [1.82, 2.24) is 5.32 Å². The normalized spacial score (nSPS) is 23.4. The van der Waals surface area contributed by atoms with Gasteiger partial charge in [0, 0.05) is 30.9 Å². The second-order valence-electron chi connectivity index (χ2n) is 4.70. The van der Waals surface area contributed by atoms with Crippen LogP contribution in [0, 0.1) is 0 Å². The Morgan fingerprint density at radius 2 is 2.06 bits per heavy atom. The van der Waals surface area contributed by atoms with Crippen molar-refractivity contribution in [1.29, 1.82) is 0 Å². The van der Waals surface area contributed by atoms with Crippen LogP contribution in [0.2, 0.25) is 0 Å². The Balaban J connectivity index is 1.95. The fourth-order valence-corrected chi connectivity index (χ4v) is 2.23. The summed E-state index contributed by atoms with van der Waals surface area (Å²) in [5.41, 5.74) is 1.74. The quantitative estimate of drug-likeness (QED) is 0.860. The van der Waals surface area contributed by atoms with Crippen molar-refractivity contribution < 1.29 is 9.53 Å². The lowest BCUT2D eigenvalue weighted by Gasteiger charge is -2.28. The van der Waals surface area contributed by atoms with Crippen LogP contribution < -0.4 is 10.6 Å². The maximum atomic E-state index is 11.4. The number of ether oxygens (including phenoxy) is 1. The summed E-state index contributed by atoms with van der Waals surface area (Å²) in [7, 11) is 1.64. The maximum Gasteiger partial charge on any atom is 0.251 e. The molecule has 0 saturated carbocycles. The van der Waals surface area contributed by atoms with E-state index in [1.165, 1.54) is 0 Å². The Kier molecular flexibility index (Phi) is 4.20. The van der Waals surface area contributed by atoms with Crippen molar-refractivity contribution >= 4 is 11.6 Å². The maximum absolute atomic E-state index is 11.4. The van der Waals surface area contributed by atoms with Crippen LogP contribution in [0.3, 0.4) is 0 Å². The van der Waals surface area contributed by atoms with Gasteiger partial charge in [0.2, 0.25) is 0 Å². The van der Waals surface area contributed by atoms with Gasteiger partial charge in [0.15, 0.2) is 0 Å². The molecule has 1 fully saturated rings. The third kappa shape index (κ3) is 3.23. The number of hydrogen-bond donors (Lipinski definition) is 2. The molecule has 0 bridgehead atoms. The largest absolute Gasteiger partial charge is 0.382 e. The highest BCUT2D eigenvalue weighted by atomic mass is 16.5. The Labute approximate surface area is 108 Å². The van der Waals surface area contributed by atoms with Crippen molar-refractivity contribution in [2.45, 2.75) is 31.9 Å². The van der Waals surface area contributed by atoms with Crippen molar-refractivity contribution in [3.05, 3.63) is 29.8 Å². The third-order valence-electron chi connectivity index (χ3n) is 3.23. The number of carbonyl (C=O) groups excluding carboxylic acids is 1. The second kappa shape index (κ2) is 5.87. The molecule has 4 heteroatoms. The van der Waals surface area contributed by atoms with E-state index < -0.39 is 0 Å². The fourth-order valence-electron chi connectivity index (χ4n) is 2.23. The first-order chi connectivity index (χ1) is 8.69. The SMILES string of the molecule is CNC(=O)c1ccc(NC2CCOC(C)C2)cc1. The predicted molar refractivity (Wildman–Crippen MR) is 71.9 cm³/mol. The molecule has 1 saturated heterocycles. The first-order valence-electron chi connectivity index (χ1n) is 6.39. The van der Waals surface area contributed by atoms with Crippen molar-refractivity contribution in [3.8, 4) is 0 Å². The summed E-state index contributed by atoms with van der Waals surface area (Å²) < 4.78 is 5.52. The van der Waals surface area contributed by atoms with Gasteiger partial charge in [-0.2, -0.15) is 0 Å². The molecule has 2 rings (SSSR count). The number of hydrogen-bond acceptors (Lipinski definition) is 3. The molecule has 2 unspecified atom stereocenters. The lowest BCUT2D eigenvalue weighted by atomic mass is 10.0. The average Bonchev–Trinajstić information content (AvgIpc) is 2.39. The van der Waals surface area contributed by atoms with Crippen LogP contribution in [0.25, 0.3) is 0 Å². The van der Waals surface area contributed by atoms with Crippen LogP contribution in [-0.4, -0.2) is 31.7 Å². The minimum absolute atomic E-state index is 0.0544. The molecule has 98 valence electrons. The zero-order valence-electron chi connectivity index (χ0n) is 10.9. The van der Waals surface area contributed by atoms with Crippen LogP contribution in [-0.2, 0) is 4.74 Å². The molecule has 0 spiro atoms. The first kappa shape index (κ1) is 12.9. The molecule has 1 aromatic carbocycles. The first-order valence-corrected chi connectivity index (χ1v) is 6.39. The van der Waals surface area contributed by atoms with Gasteiger partial charge in [-0.25, -0.2) is 0 Å². The summed E-state index contributed by atoms with van der Waals surface area (Å²) in [6, 6.07) is 8.03. The Hall–Kier alpha value is -1.55. The van der Waals surface area contributed by atoms with E-state index >= 15 is 0 Å². The molecule has 0 aromatic heterocycles. The number of anilines is 1. The summed E-state index contributed by atoms with van der Waals surface area (Å²) in [5, 5.41) is 6.10. The number of carbonyl (C=O) groups is 1. The van der Waals surface area contributed by atoms with E-state index in [0.29, 0.717) is 17.7 Å². The molecule has 1 aromatic rings. The van der Waals surface area contributed by atoms with E-state index in [-0.39, 0.29) is 5.91 Å². The van der Waals surface area contributed by atoms with Crippen LogP contribution in [0.4, 0.5) is 5.69 Å². The number of rotatable bonds is 3. The Morgan fingerprint density at radius 1 is 1.33 bits per heavy atom. The highest BCUT2D eigenvalue weighted by Gasteiger charge is 2.18. The van der Waals surface area contributed by atoms with E-state index in [0.717, 1.165) is 25.1 Å². The van der Waals surface area contributed by atoms with Gasteiger partial charge in [-0.05, 0) is 44.0 Å². The average molecular weight is 248 g/mol. The van der Waals surface area contributed by atoms with Crippen LogP contribution in [0.1, 0.15) is 30.1 Å². The minimum atomic E-state index is -0.0544. The van der Waals surface area contributed by atoms with Crippen molar-refractivity contribution in [2.75, 3.05) is 19.0 Å². The summed E-state index contributed by atoms with van der Waals surface area (Å²) in [6.07, 6.45) is 2.38. The van der Waals surface area contributed by atoms with E-state index in [1.807, 2.05) is 24.3 Å². The Morgan fingerprint density at radius 3 is 2.67 bits per heavy atom. The zero-order chi connectivity index (χ0) is 13.0. The van der Waals surface area contributed by atoms with E-state index in [4.69, 9.17) is 4.74 Å².